The van der Waals surface area contributed by atoms with E-state index < -0.39 is 0 Å². The molecule has 1 aliphatic heterocycles. The Morgan fingerprint density at radius 2 is 1.94 bits per heavy atom. The van der Waals surface area contributed by atoms with Gasteiger partial charge in [0.15, 0.2) is 5.65 Å². The Labute approximate surface area is 184 Å². The van der Waals surface area contributed by atoms with E-state index in [1.54, 1.807) is 6.20 Å². The molecule has 1 amide bonds. The van der Waals surface area contributed by atoms with E-state index in [1.165, 1.54) is 32.1 Å². The number of amides is 1. The van der Waals surface area contributed by atoms with Crippen LogP contribution in [0.15, 0.2) is 12.4 Å². The van der Waals surface area contributed by atoms with Crippen molar-refractivity contribution < 1.29 is 9.90 Å². The molecule has 2 aromatic rings. The Bertz CT molecular complexity index is 884. The van der Waals surface area contributed by atoms with Crippen molar-refractivity contribution in [2.45, 2.75) is 58.5 Å². The van der Waals surface area contributed by atoms with E-state index in [4.69, 9.17) is 0 Å². The molecular weight excluding hydrogens is 392 g/mol. The molecule has 1 atom stereocenters. The number of hydrogen-bond acceptors (Lipinski definition) is 6. The number of carbonyl (C=O) groups excluding carboxylic acids is 1. The van der Waals surface area contributed by atoms with Crippen LogP contribution in [0.3, 0.4) is 0 Å². The van der Waals surface area contributed by atoms with Gasteiger partial charge in [-0.1, -0.05) is 19.3 Å². The predicted octanol–water partition coefficient (Wildman–Crippen LogP) is 2.58. The van der Waals surface area contributed by atoms with Crippen LogP contribution < -0.4 is 5.32 Å². The number of anilines is 1. The van der Waals surface area contributed by atoms with Crippen LogP contribution >= 0.6 is 0 Å². The van der Waals surface area contributed by atoms with Gasteiger partial charge in [0.2, 0.25) is 0 Å². The lowest BCUT2D eigenvalue weighted by Gasteiger charge is -2.35. The maximum Gasteiger partial charge on any atom is 0.257 e. The molecule has 0 aromatic carbocycles. The SMILES string of the molecule is CCn1ncc2c(N[C@H](C)C3CCCCC3)c(C(=O)N3CCN(CCO)CC3)cnc21. The number of aliphatic hydroxyl groups is 1. The van der Waals surface area contributed by atoms with Gasteiger partial charge in [-0.15, -0.1) is 0 Å². The molecular formula is C23H36N6O2. The van der Waals surface area contributed by atoms with Crippen molar-refractivity contribution in [3.05, 3.63) is 18.0 Å². The molecule has 8 nitrogen and oxygen atoms in total. The topological polar surface area (TPSA) is 86.5 Å². The first-order valence-corrected chi connectivity index (χ1v) is 11.9. The third-order valence-corrected chi connectivity index (χ3v) is 7.00. The number of aryl methyl sites for hydroxylation is 1. The smallest absolute Gasteiger partial charge is 0.257 e. The highest BCUT2D eigenvalue weighted by molar-refractivity contribution is 6.06. The van der Waals surface area contributed by atoms with Gasteiger partial charge in [0, 0.05) is 51.5 Å². The molecule has 2 aliphatic rings. The summed E-state index contributed by atoms with van der Waals surface area (Å²) in [6.07, 6.45) is 9.98. The molecule has 3 heterocycles. The predicted molar refractivity (Wildman–Crippen MR) is 122 cm³/mol. The van der Waals surface area contributed by atoms with Crippen LogP contribution in [0.25, 0.3) is 11.0 Å². The van der Waals surface area contributed by atoms with Crippen molar-refractivity contribution in [3.8, 4) is 0 Å². The molecule has 0 bridgehead atoms. The number of hydrogen-bond donors (Lipinski definition) is 2. The normalized spacial score (nSPS) is 19.6. The average Bonchev–Trinajstić information content (AvgIpc) is 3.24. The summed E-state index contributed by atoms with van der Waals surface area (Å²) >= 11 is 0. The Morgan fingerprint density at radius 3 is 2.61 bits per heavy atom. The van der Waals surface area contributed by atoms with Crippen LogP contribution in [0, 0.1) is 5.92 Å². The van der Waals surface area contributed by atoms with Crippen molar-refractivity contribution in [2.75, 3.05) is 44.6 Å². The first-order valence-electron chi connectivity index (χ1n) is 11.9. The van der Waals surface area contributed by atoms with Crippen LogP contribution in [-0.4, -0.2) is 81.0 Å². The van der Waals surface area contributed by atoms with Crippen LogP contribution in [0.1, 0.15) is 56.3 Å². The van der Waals surface area contributed by atoms with E-state index >= 15 is 0 Å². The Morgan fingerprint density at radius 1 is 1.19 bits per heavy atom. The number of β-amino-alcohol motifs (C(OH)–C–C–N with tert-alkyl or cyclic N) is 1. The number of pyridine rings is 1. The second kappa shape index (κ2) is 9.96. The van der Waals surface area contributed by atoms with Crippen molar-refractivity contribution in [3.63, 3.8) is 0 Å². The fourth-order valence-electron chi connectivity index (χ4n) is 5.04. The molecule has 31 heavy (non-hydrogen) atoms. The minimum Gasteiger partial charge on any atom is -0.395 e. The number of carbonyl (C=O) groups is 1. The van der Waals surface area contributed by atoms with E-state index in [-0.39, 0.29) is 12.5 Å². The zero-order valence-corrected chi connectivity index (χ0v) is 18.9. The van der Waals surface area contributed by atoms with Crippen LogP contribution in [0.5, 0.6) is 0 Å². The first-order chi connectivity index (χ1) is 15.1. The molecule has 0 radical (unpaired) electrons. The van der Waals surface area contributed by atoms with Gasteiger partial charge in [0.25, 0.3) is 5.91 Å². The Balaban J connectivity index is 1.61. The van der Waals surface area contributed by atoms with Crippen molar-refractivity contribution in [1.29, 1.82) is 0 Å². The van der Waals surface area contributed by atoms with Crippen LogP contribution in [0.2, 0.25) is 0 Å². The van der Waals surface area contributed by atoms with Gasteiger partial charge < -0.3 is 15.3 Å². The van der Waals surface area contributed by atoms with Gasteiger partial charge in [0.05, 0.1) is 29.4 Å². The number of nitrogens with one attached hydrogen (secondary N) is 1. The molecule has 1 aliphatic carbocycles. The lowest BCUT2D eigenvalue weighted by molar-refractivity contribution is 0.0615. The number of fused-ring (bicyclic) bond motifs is 1. The molecule has 8 heteroatoms. The average molecular weight is 429 g/mol. The van der Waals surface area contributed by atoms with Gasteiger partial charge in [-0.25, -0.2) is 9.67 Å². The van der Waals surface area contributed by atoms with Gasteiger partial charge >= 0.3 is 0 Å². The molecule has 2 N–H and O–H groups in total. The summed E-state index contributed by atoms with van der Waals surface area (Å²) in [7, 11) is 0. The summed E-state index contributed by atoms with van der Waals surface area (Å²) in [6.45, 7) is 8.78. The summed E-state index contributed by atoms with van der Waals surface area (Å²) in [5, 5.41) is 18.3. The summed E-state index contributed by atoms with van der Waals surface area (Å²) in [6, 6.07) is 0.295. The highest BCUT2D eigenvalue weighted by Crippen LogP contribution is 2.32. The standard InChI is InChI=1S/C23H36N6O2/c1-3-29-22-19(16-25-29)21(26-17(2)18-7-5-4-6-8-18)20(15-24-22)23(31)28-11-9-27(10-12-28)13-14-30/h15-18,30H,3-14H2,1-2H3,(H,24,26)/t17-/m1/s1. The molecule has 0 unspecified atom stereocenters. The Hall–Kier alpha value is -2.19. The van der Waals surface area contributed by atoms with Gasteiger partial charge in [-0.3, -0.25) is 9.69 Å². The molecule has 2 fully saturated rings. The second-order valence-electron chi connectivity index (χ2n) is 8.93. The third-order valence-electron chi connectivity index (χ3n) is 7.00. The van der Waals surface area contributed by atoms with Crippen LogP contribution in [0.4, 0.5) is 5.69 Å². The summed E-state index contributed by atoms with van der Waals surface area (Å²) in [5.41, 5.74) is 2.34. The zero-order chi connectivity index (χ0) is 21.8. The summed E-state index contributed by atoms with van der Waals surface area (Å²) in [4.78, 5) is 22.2. The minimum atomic E-state index is 0.0284. The van der Waals surface area contributed by atoms with E-state index in [0.717, 1.165) is 36.4 Å². The van der Waals surface area contributed by atoms with Gasteiger partial charge in [0.1, 0.15) is 0 Å². The molecule has 1 saturated carbocycles. The quantitative estimate of drug-likeness (QED) is 0.705. The lowest BCUT2D eigenvalue weighted by Crippen LogP contribution is -2.49. The maximum absolute atomic E-state index is 13.5. The second-order valence-corrected chi connectivity index (χ2v) is 8.93. The van der Waals surface area contributed by atoms with E-state index in [9.17, 15) is 9.90 Å². The highest BCUT2D eigenvalue weighted by Gasteiger charge is 2.28. The van der Waals surface area contributed by atoms with Crippen molar-refractivity contribution in [1.82, 2.24) is 24.6 Å². The molecule has 170 valence electrons. The number of rotatable bonds is 7. The van der Waals surface area contributed by atoms with E-state index in [0.29, 0.717) is 37.2 Å². The summed E-state index contributed by atoms with van der Waals surface area (Å²) < 4.78 is 1.88. The molecule has 1 saturated heterocycles. The number of aromatic nitrogens is 3. The number of nitrogens with zero attached hydrogens (tertiary/aromatic N) is 5. The minimum absolute atomic E-state index is 0.0284. The molecule has 4 rings (SSSR count). The lowest BCUT2D eigenvalue weighted by atomic mass is 9.84. The Kier molecular flexibility index (Phi) is 7.07. The largest absolute Gasteiger partial charge is 0.395 e. The molecule has 2 aromatic heterocycles. The van der Waals surface area contributed by atoms with Crippen molar-refractivity contribution in [2.24, 2.45) is 5.92 Å². The van der Waals surface area contributed by atoms with Gasteiger partial charge in [-0.2, -0.15) is 5.10 Å². The number of aliphatic hydroxyl groups excluding tert-OH is 1. The fraction of sp³-hybridized carbons (Fsp3) is 0.696. The van der Waals surface area contributed by atoms with E-state index in [2.05, 4.69) is 34.1 Å². The highest BCUT2D eigenvalue weighted by atomic mass is 16.3. The fourth-order valence-corrected chi connectivity index (χ4v) is 5.04. The van der Waals surface area contributed by atoms with Gasteiger partial charge in [-0.05, 0) is 32.6 Å². The first kappa shape index (κ1) is 22.0. The summed E-state index contributed by atoms with van der Waals surface area (Å²) in [5.74, 6) is 0.656. The van der Waals surface area contributed by atoms with Crippen molar-refractivity contribution >= 4 is 22.6 Å². The van der Waals surface area contributed by atoms with E-state index in [1.807, 2.05) is 15.8 Å². The monoisotopic (exact) mass is 428 g/mol. The zero-order valence-electron chi connectivity index (χ0n) is 18.9. The maximum atomic E-state index is 13.5. The van der Waals surface area contributed by atoms with Crippen LogP contribution in [-0.2, 0) is 6.54 Å². The third kappa shape index (κ3) is 4.70. The molecule has 0 spiro atoms. The number of piperazine rings is 1.